The van der Waals surface area contributed by atoms with E-state index in [9.17, 15) is 4.79 Å². The first-order valence-corrected chi connectivity index (χ1v) is 9.86. The standard InChI is InChI=1S/C18H15N5O2S2/c1-25-15-8-7-12(17-22-23-11-19-21-18(23)27-17)9-14(15)20-16(24)10-26-13-5-3-2-4-6-13/h2-9,11H,10H2,1H3,(H,20,24). The molecule has 0 atom stereocenters. The Bertz CT molecular complexity index is 1050. The summed E-state index contributed by atoms with van der Waals surface area (Å²) in [6.07, 6.45) is 1.56. The summed E-state index contributed by atoms with van der Waals surface area (Å²) in [5.41, 5.74) is 1.48. The van der Waals surface area contributed by atoms with E-state index in [-0.39, 0.29) is 5.91 Å². The lowest BCUT2D eigenvalue weighted by molar-refractivity contribution is -0.113. The topological polar surface area (TPSA) is 81.4 Å². The molecule has 27 heavy (non-hydrogen) atoms. The fourth-order valence-electron chi connectivity index (χ4n) is 2.47. The number of nitrogens with one attached hydrogen (secondary N) is 1. The van der Waals surface area contributed by atoms with Crippen molar-refractivity contribution in [3.05, 3.63) is 54.9 Å². The van der Waals surface area contributed by atoms with Crippen molar-refractivity contribution in [1.82, 2.24) is 19.8 Å². The predicted molar refractivity (Wildman–Crippen MR) is 106 cm³/mol. The smallest absolute Gasteiger partial charge is 0.234 e. The van der Waals surface area contributed by atoms with Gasteiger partial charge in [0, 0.05) is 10.5 Å². The summed E-state index contributed by atoms with van der Waals surface area (Å²) >= 11 is 2.91. The third kappa shape index (κ3) is 3.93. The van der Waals surface area contributed by atoms with Gasteiger partial charge < -0.3 is 10.1 Å². The summed E-state index contributed by atoms with van der Waals surface area (Å²) < 4.78 is 7.00. The number of hydrogen-bond donors (Lipinski definition) is 1. The second-order valence-electron chi connectivity index (χ2n) is 5.53. The maximum absolute atomic E-state index is 12.4. The fraction of sp³-hybridized carbons (Fsp3) is 0.111. The summed E-state index contributed by atoms with van der Waals surface area (Å²) in [6.45, 7) is 0. The van der Waals surface area contributed by atoms with Gasteiger partial charge in [-0.05, 0) is 30.3 Å². The molecule has 136 valence electrons. The number of anilines is 1. The van der Waals surface area contributed by atoms with Gasteiger partial charge in [-0.3, -0.25) is 4.79 Å². The highest BCUT2D eigenvalue weighted by Crippen LogP contribution is 2.32. The van der Waals surface area contributed by atoms with Crippen molar-refractivity contribution in [2.45, 2.75) is 4.90 Å². The zero-order valence-electron chi connectivity index (χ0n) is 14.3. The van der Waals surface area contributed by atoms with E-state index in [1.807, 2.05) is 48.5 Å². The maximum Gasteiger partial charge on any atom is 0.234 e. The van der Waals surface area contributed by atoms with Crippen molar-refractivity contribution in [3.8, 4) is 16.3 Å². The van der Waals surface area contributed by atoms with Crippen LogP contribution < -0.4 is 10.1 Å². The third-order valence-corrected chi connectivity index (χ3v) is 5.69. The summed E-state index contributed by atoms with van der Waals surface area (Å²) in [4.78, 5) is 14.1. The molecule has 2 heterocycles. The van der Waals surface area contributed by atoms with Crippen LogP contribution in [0.5, 0.6) is 5.75 Å². The van der Waals surface area contributed by atoms with Crippen LogP contribution >= 0.6 is 23.1 Å². The van der Waals surface area contributed by atoms with Gasteiger partial charge in [-0.25, -0.2) is 0 Å². The minimum Gasteiger partial charge on any atom is -0.495 e. The van der Waals surface area contributed by atoms with E-state index >= 15 is 0 Å². The van der Waals surface area contributed by atoms with Crippen LogP contribution in [0.15, 0.2) is 59.8 Å². The lowest BCUT2D eigenvalue weighted by atomic mass is 10.2. The Hall–Kier alpha value is -2.91. The van der Waals surface area contributed by atoms with E-state index in [1.54, 1.807) is 18.0 Å². The number of carbonyl (C=O) groups excluding carboxylic acids is 1. The predicted octanol–water partition coefficient (Wildman–Crippen LogP) is 3.59. The Labute approximate surface area is 163 Å². The molecule has 0 saturated heterocycles. The highest BCUT2D eigenvalue weighted by atomic mass is 32.2. The number of amides is 1. The van der Waals surface area contributed by atoms with Gasteiger partial charge in [-0.15, -0.1) is 22.0 Å². The number of nitrogens with zero attached hydrogens (tertiary/aromatic N) is 4. The monoisotopic (exact) mass is 397 g/mol. The van der Waals surface area contributed by atoms with Gasteiger partial charge in [0.25, 0.3) is 0 Å². The molecule has 0 radical (unpaired) electrons. The minimum atomic E-state index is -0.0996. The highest BCUT2D eigenvalue weighted by Gasteiger charge is 2.13. The third-order valence-electron chi connectivity index (χ3n) is 3.72. The van der Waals surface area contributed by atoms with E-state index in [0.717, 1.165) is 15.5 Å². The fourth-order valence-corrected chi connectivity index (χ4v) is 4.00. The molecule has 0 aliphatic carbocycles. The zero-order valence-corrected chi connectivity index (χ0v) is 16.0. The Kier molecular flexibility index (Phi) is 5.03. The molecule has 2 aromatic heterocycles. The van der Waals surface area contributed by atoms with Crippen molar-refractivity contribution in [3.63, 3.8) is 0 Å². The Morgan fingerprint density at radius 2 is 2.11 bits per heavy atom. The van der Waals surface area contributed by atoms with E-state index in [2.05, 4.69) is 20.6 Å². The Morgan fingerprint density at radius 1 is 1.26 bits per heavy atom. The number of benzene rings is 2. The van der Waals surface area contributed by atoms with Crippen LogP contribution in [0.1, 0.15) is 0 Å². The van der Waals surface area contributed by atoms with Crippen LogP contribution in [0.4, 0.5) is 5.69 Å². The van der Waals surface area contributed by atoms with E-state index in [1.165, 1.54) is 23.1 Å². The molecule has 2 aromatic carbocycles. The molecule has 0 saturated carbocycles. The number of hydrogen-bond acceptors (Lipinski definition) is 7. The molecule has 9 heteroatoms. The second-order valence-corrected chi connectivity index (χ2v) is 7.53. The molecule has 0 aliphatic heterocycles. The molecule has 4 rings (SSSR count). The molecule has 7 nitrogen and oxygen atoms in total. The van der Waals surface area contributed by atoms with Gasteiger partial charge in [0.2, 0.25) is 10.9 Å². The van der Waals surface area contributed by atoms with Crippen LogP contribution in [0.2, 0.25) is 0 Å². The van der Waals surface area contributed by atoms with Gasteiger partial charge in [-0.2, -0.15) is 9.61 Å². The molecular formula is C18H15N5O2S2. The molecule has 4 aromatic rings. The normalized spacial score (nSPS) is 10.9. The van der Waals surface area contributed by atoms with Crippen molar-refractivity contribution >= 4 is 39.7 Å². The van der Waals surface area contributed by atoms with Crippen molar-refractivity contribution in [2.24, 2.45) is 0 Å². The molecule has 1 N–H and O–H groups in total. The lowest BCUT2D eigenvalue weighted by Gasteiger charge is -2.11. The maximum atomic E-state index is 12.4. The molecular weight excluding hydrogens is 382 g/mol. The molecule has 1 amide bonds. The number of ether oxygens (including phenoxy) is 1. The SMILES string of the molecule is COc1ccc(-c2nn3cnnc3s2)cc1NC(=O)CSc1ccccc1. The van der Waals surface area contributed by atoms with Gasteiger partial charge in [0.1, 0.15) is 17.1 Å². The number of aromatic nitrogens is 4. The largest absolute Gasteiger partial charge is 0.495 e. The Balaban J connectivity index is 1.52. The zero-order chi connectivity index (χ0) is 18.6. The molecule has 0 aliphatic rings. The van der Waals surface area contributed by atoms with Gasteiger partial charge in [0.15, 0.2) is 0 Å². The van der Waals surface area contributed by atoms with E-state index in [0.29, 0.717) is 22.2 Å². The quantitative estimate of drug-likeness (QED) is 0.501. The first kappa shape index (κ1) is 17.5. The van der Waals surface area contributed by atoms with Gasteiger partial charge in [-0.1, -0.05) is 29.5 Å². The number of rotatable bonds is 6. The molecule has 0 bridgehead atoms. The molecule has 0 spiro atoms. The molecule has 0 unspecified atom stereocenters. The highest BCUT2D eigenvalue weighted by molar-refractivity contribution is 8.00. The lowest BCUT2D eigenvalue weighted by Crippen LogP contribution is -2.14. The van der Waals surface area contributed by atoms with Crippen LogP contribution in [-0.4, -0.2) is 38.6 Å². The van der Waals surface area contributed by atoms with Crippen LogP contribution in [0, 0.1) is 0 Å². The van der Waals surface area contributed by atoms with E-state index < -0.39 is 0 Å². The van der Waals surface area contributed by atoms with Gasteiger partial charge in [0.05, 0.1) is 18.6 Å². The average molecular weight is 397 g/mol. The average Bonchev–Trinajstić information content (AvgIpc) is 3.29. The van der Waals surface area contributed by atoms with Crippen molar-refractivity contribution in [2.75, 3.05) is 18.2 Å². The number of thioether (sulfide) groups is 1. The van der Waals surface area contributed by atoms with Gasteiger partial charge >= 0.3 is 0 Å². The van der Waals surface area contributed by atoms with Crippen LogP contribution in [0.3, 0.4) is 0 Å². The number of carbonyl (C=O) groups is 1. The van der Waals surface area contributed by atoms with E-state index in [4.69, 9.17) is 4.74 Å². The minimum absolute atomic E-state index is 0.0996. The van der Waals surface area contributed by atoms with Crippen LogP contribution in [0.25, 0.3) is 15.5 Å². The van der Waals surface area contributed by atoms with Crippen molar-refractivity contribution < 1.29 is 9.53 Å². The number of methoxy groups -OCH3 is 1. The van der Waals surface area contributed by atoms with Crippen molar-refractivity contribution in [1.29, 1.82) is 0 Å². The summed E-state index contributed by atoms with van der Waals surface area (Å²) in [5, 5.41) is 16.0. The summed E-state index contributed by atoms with van der Waals surface area (Å²) in [5.74, 6) is 0.811. The molecule has 0 fully saturated rings. The Morgan fingerprint density at radius 3 is 2.89 bits per heavy atom. The van der Waals surface area contributed by atoms with Crippen LogP contribution in [-0.2, 0) is 4.79 Å². The summed E-state index contributed by atoms with van der Waals surface area (Å²) in [6, 6.07) is 15.4. The summed E-state index contributed by atoms with van der Waals surface area (Å²) in [7, 11) is 1.58. The number of fused-ring (bicyclic) bond motifs is 1. The first-order valence-electron chi connectivity index (χ1n) is 8.06. The first-order chi connectivity index (χ1) is 13.2. The second kappa shape index (κ2) is 7.77.